The minimum absolute atomic E-state index is 0.666. The number of halogens is 1. The molecule has 0 unspecified atom stereocenters. The fourth-order valence-corrected chi connectivity index (χ4v) is 13.0. The lowest BCUT2D eigenvalue weighted by Crippen LogP contribution is -2.51. The van der Waals surface area contributed by atoms with E-state index in [0.717, 1.165) is 11.4 Å². The van der Waals surface area contributed by atoms with Crippen molar-refractivity contribution < 1.29 is 0 Å². The largest absolute Gasteiger partial charge is 0.373 e. The second kappa shape index (κ2) is 8.91. The Morgan fingerprint density at radius 1 is 0.897 bits per heavy atom. The molecule has 2 aromatic carbocycles. The SMILES string of the molecule is CSc1cccc2c1c(Cc1ccc(Cl)cc1)cn2[Si](C(C)C)(C(C)C)C(C)C. The summed E-state index contributed by atoms with van der Waals surface area (Å²) in [6.07, 6.45) is 5.64. The van der Waals surface area contributed by atoms with Gasteiger partial charge in [-0.2, -0.15) is 0 Å². The molecule has 0 bridgehead atoms. The maximum Gasteiger partial charge on any atom is 0.169 e. The highest BCUT2D eigenvalue weighted by Gasteiger charge is 2.46. The Balaban J connectivity index is 2.30. The third kappa shape index (κ3) is 3.94. The molecule has 4 heteroatoms. The quantitative estimate of drug-likeness (QED) is 0.261. The van der Waals surface area contributed by atoms with Crippen LogP contribution in [0.25, 0.3) is 10.9 Å². The van der Waals surface area contributed by atoms with Crippen LogP contribution in [0.4, 0.5) is 0 Å². The van der Waals surface area contributed by atoms with Crippen LogP contribution in [0.5, 0.6) is 0 Å². The van der Waals surface area contributed by atoms with Crippen molar-refractivity contribution in [2.45, 2.75) is 69.5 Å². The molecule has 1 nitrogen and oxygen atoms in total. The summed E-state index contributed by atoms with van der Waals surface area (Å²) in [4.78, 5) is 1.38. The molecule has 3 aromatic rings. The monoisotopic (exact) mass is 443 g/mol. The summed E-state index contributed by atoms with van der Waals surface area (Å²) < 4.78 is 2.76. The molecule has 0 radical (unpaired) electrons. The van der Waals surface area contributed by atoms with E-state index in [9.17, 15) is 0 Å². The van der Waals surface area contributed by atoms with E-state index >= 15 is 0 Å². The van der Waals surface area contributed by atoms with Crippen molar-refractivity contribution in [1.29, 1.82) is 0 Å². The van der Waals surface area contributed by atoms with E-state index in [1.54, 1.807) is 0 Å². The fraction of sp³-hybridized carbons (Fsp3) is 0.440. The van der Waals surface area contributed by atoms with Crippen LogP contribution in [-0.2, 0) is 6.42 Å². The second-order valence-corrected chi connectivity index (χ2v) is 16.0. The van der Waals surface area contributed by atoms with E-state index in [4.69, 9.17) is 11.6 Å². The van der Waals surface area contributed by atoms with Gasteiger partial charge in [0.15, 0.2) is 8.24 Å². The van der Waals surface area contributed by atoms with Crippen molar-refractivity contribution in [2.75, 3.05) is 6.26 Å². The van der Waals surface area contributed by atoms with Crippen molar-refractivity contribution in [1.82, 2.24) is 4.23 Å². The Hall–Kier alpha value is -1.16. The molecule has 1 heterocycles. The van der Waals surface area contributed by atoms with Gasteiger partial charge in [0.2, 0.25) is 0 Å². The fourth-order valence-electron chi connectivity index (χ4n) is 5.61. The van der Waals surface area contributed by atoms with Crippen LogP contribution >= 0.6 is 23.4 Å². The Bertz CT molecular complexity index is 951. The molecular weight excluding hydrogens is 410 g/mol. The van der Waals surface area contributed by atoms with E-state index in [1.165, 1.54) is 26.9 Å². The van der Waals surface area contributed by atoms with E-state index in [0.29, 0.717) is 16.6 Å². The molecule has 0 saturated carbocycles. The van der Waals surface area contributed by atoms with Gasteiger partial charge in [0.05, 0.1) is 0 Å². The van der Waals surface area contributed by atoms with E-state index < -0.39 is 8.24 Å². The summed E-state index contributed by atoms with van der Waals surface area (Å²) in [5.41, 5.74) is 6.17. The first-order valence-electron chi connectivity index (χ1n) is 10.6. The minimum Gasteiger partial charge on any atom is -0.373 e. The number of benzene rings is 2. The molecule has 0 fully saturated rings. The number of aromatic nitrogens is 1. The summed E-state index contributed by atoms with van der Waals surface area (Å²) in [7, 11) is -1.82. The van der Waals surface area contributed by atoms with Crippen molar-refractivity contribution in [3.63, 3.8) is 0 Å². The molecule has 0 atom stereocenters. The van der Waals surface area contributed by atoms with Gasteiger partial charge in [0, 0.05) is 20.8 Å². The number of nitrogens with zero attached hydrogens (tertiary/aromatic N) is 1. The van der Waals surface area contributed by atoms with E-state index in [1.807, 2.05) is 23.9 Å². The van der Waals surface area contributed by atoms with Crippen LogP contribution in [0, 0.1) is 0 Å². The lowest BCUT2D eigenvalue weighted by molar-refractivity contribution is 0.772. The molecule has 0 N–H and O–H groups in total. The number of hydrogen-bond donors (Lipinski definition) is 0. The van der Waals surface area contributed by atoms with Gasteiger partial charge >= 0.3 is 0 Å². The van der Waals surface area contributed by atoms with Crippen LogP contribution in [0.2, 0.25) is 21.6 Å². The average molecular weight is 444 g/mol. The molecule has 1 aromatic heterocycles. The van der Waals surface area contributed by atoms with Crippen molar-refractivity contribution in [3.05, 3.63) is 64.8 Å². The van der Waals surface area contributed by atoms with Gasteiger partial charge in [-0.1, -0.05) is 71.3 Å². The maximum absolute atomic E-state index is 6.12. The van der Waals surface area contributed by atoms with Crippen molar-refractivity contribution in [2.24, 2.45) is 0 Å². The molecule has 0 saturated heterocycles. The van der Waals surface area contributed by atoms with Gasteiger partial charge in [-0.3, -0.25) is 0 Å². The zero-order chi connectivity index (χ0) is 21.3. The Morgan fingerprint density at radius 2 is 1.48 bits per heavy atom. The van der Waals surface area contributed by atoms with Gasteiger partial charge in [-0.25, -0.2) is 0 Å². The summed E-state index contributed by atoms with van der Waals surface area (Å²) in [6.45, 7) is 14.6. The van der Waals surface area contributed by atoms with E-state index in [2.05, 4.69) is 88.6 Å². The van der Waals surface area contributed by atoms with Crippen LogP contribution in [0.3, 0.4) is 0 Å². The first kappa shape index (κ1) is 22.5. The topological polar surface area (TPSA) is 4.93 Å². The standard InChI is InChI=1S/C25H34ClNSSi/c1-17(2)29(18(3)4,19(5)6)27-16-21(15-20-11-13-22(26)14-12-20)25-23(27)9-8-10-24(25)28-7/h8-14,16-19H,15H2,1-7H3. The maximum atomic E-state index is 6.12. The number of thioether (sulfide) groups is 1. The van der Waals surface area contributed by atoms with Gasteiger partial charge in [0.1, 0.15) is 0 Å². The average Bonchev–Trinajstić information content (AvgIpc) is 3.02. The van der Waals surface area contributed by atoms with Gasteiger partial charge in [-0.15, -0.1) is 11.8 Å². The predicted molar refractivity (Wildman–Crippen MR) is 134 cm³/mol. The summed E-state index contributed by atoms with van der Waals surface area (Å²) in [5, 5.41) is 2.24. The normalized spacial score (nSPS) is 12.7. The molecule has 0 aliphatic carbocycles. The zero-order valence-corrected chi connectivity index (χ0v) is 21.4. The molecule has 3 rings (SSSR count). The molecule has 0 aliphatic rings. The zero-order valence-electron chi connectivity index (χ0n) is 18.8. The van der Waals surface area contributed by atoms with Crippen molar-refractivity contribution >= 4 is 42.5 Å². The van der Waals surface area contributed by atoms with Crippen molar-refractivity contribution in [3.8, 4) is 0 Å². The minimum atomic E-state index is -1.82. The highest BCUT2D eigenvalue weighted by Crippen LogP contribution is 2.46. The lowest BCUT2D eigenvalue weighted by Gasteiger charge is -2.44. The molecule has 0 amide bonds. The molecule has 0 aliphatic heterocycles. The van der Waals surface area contributed by atoms with Gasteiger partial charge in [-0.05, 0) is 70.9 Å². The Labute approximate surface area is 186 Å². The summed E-state index contributed by atoms with van der Waals surface area (Å²) in [6, 6.07) is 15.2. The van der Waals surface area contributed by atoms with Crippen LogP contribution in [0.15, 0.2) is 53.6 Å². The number of rotatable bonds is 7. The van der Waals surface area contributed by atoms with Crippen LogP contribution < -0.4 is 0 Å². The third-order valence-corrected chi connectivity index (χ3v) is 14.4. The van der Waals surface area contributed by atoms with Gasteiger partial charge < -0.3 is 4.23 Å². The molecule has 0 spiro atoms. The Morgan fingerprint density at radius 3 is 2.00 bits per heavy atom. The second-order valence-electron chi connectivity index (χ2n) is 9.03. The number of fused-ring (bicyclic) bond motifs is 1. The highest BCUT2D eigenvalue weighted by molar-refractivity contribution is 7.98. The van der Waals surface area contributed by atoms with Crippen LogP contribution in [-0.4, -0.2) is 18.7 Å². The highest BCUT2D eigenvalue weighted by atomic mass is 35.5. The first-order valence-corrected chi connectivity index (χ1v) is 14.4. The van der Waals surface area contributed by atoms with E-state index in [-0.39, 0.29) is 0 Å². The molecule has 29 heavy (non-hydrogen) atoms. The summed E-state index contributed by atoms with van der Waals surface area (Å²) in [5.74, 6) is 0. The lowest BCUT2D eigenvalue weighted by atomic mass is 10.0. The molecule has 156 valence electrons. The summed E-state index contributed by atoms with van der Waals surface area (Å²) >= 11 is 7.98. The Kier molecular flexibility index (Phi) is 6.92. The molecular formula is C25H34ClNSSi. The van der Waals surface area contributed by atoms with Crippen LogP contribution in [0.1, 0.15) is 52.7 Å². The first-order chi connectivity index (χ1) is 13.7. The number of hydrogen-bond acceptors (Lipinski definition) is 1. The predicted octanol–water partition coefficient (Wildman–Crippen LogP) is 8.63. The smallest absolute Gasteiger partial charge is 0.169 e. The van der Waals surface area contributed by atoms with Gasteiger partial charge in [0.25, 0.3) is 0 Å². The third-order valence-electron chi connectivity index (χ3n) is 6.59.